The van der Waals surface area contributed by atoms with Crippen molar-refractivity contribution in [3.05, 3.63) is 19.9 Å². The van der Waals surface area contributed by atoms with Crippen LogP contribution in [0.1, 0.15) is 46.5 Å². The molecule has 3 fully saturated rings. The molecule has 226 valence electrons. The quantitative estimate of drug-likeness (QED) is 0.260. The molecule has 0 atom stereocenters. The van der Waals surface area contributed by atoms with Gasteiger partial charge in [-0.25, -0.2) is 18.0 Å². The Morgan fingerprint density at radius 1 is 1.15 bits per heavy atom. The SMILES string of the molecule is CC(C)(C)OC(=O)N1CC2(CCN(c3nc(OC4CCN(C(CF)CF)CC4)nc4c(F)c(Br)c(I)cc34)CC2)C1. The smallest absolute Gasteiger partial charge is 0.410 e. The summed E-state index contributed by atoms with van der Waals surface area (Å²) >= 11 is 5.43. The van der Waals surface area contributed by atoms with Crippen LogP contribution in [0.15, 0.2) is 10.5 Å². The van der Waals surface area contributed by atoms with E-state index in [4.69, 9.17) is 14.5 Å². The lowest BCUT2D eigenvalue weighted by Gasteiger charge is -2.53. The third-order valence-electron chi connectivity index (χ3n) is 8.24. The van der Waals surface area contributed by atoms with E-state index < -0.39 is 30.8 Å². The molecule has 3 saturated heterocycles. The maximum Gasteiger partial charge on any atom is 0.410 e. The molecule has 0 radical (unpaired) electrons. The topological polar surface area (TPSA) is 71.0 Å². The number of anilines is 1. The summed E-state index contributed by atoms with van der Waals surface area (Å²) in [5.41, 5.74) is -0.297. The molecule has 1 aromatic carbocycles. The maximum absolute atomic E-state index is 15.5. The number of hydrogen-bond acceptors (Lipinski definition) is 7. The van der Waals surface area contributed by atoms with Crippen LogP contribution in [0.25, 0.3) is 10.9 Å². The van der Waals surface area contributed by atoms with Gasteiger partial charge in [0, 0.05) is 53.6 Å². The maximum atomic E-state index is 15.5. The number of amides is 1. The van der Waals surface area contributed by atoms with E-state index in [2.05, 4.69) is 48.4 Å². The largest absolute Gasteiger partial charge is 0.460 e. The molecule has 2 aromatic rings. The van der Waals surface area contributed by atoms with Crippen LogP contribution >= 0.6 is 38.5 Å². The van der Waals surface area contributed by atoms with Gasteiger partial charge in [-0.1, -0.05) is 0 Å². The zero-order valence-electron chi connectivity index (χ0n) is 23.6. The first kappa shape index (κ1) is 30.8. The van der Waals surface area contributed by atoms with E-state index in [1.165, 1.54) is 0 Å². The number of nitrogens with zero attached hydrogens (tertiary/aromatic N) is 5. The van der Waals surface area contributed by atoms with Crippen LogP contribution in [0.5, 0.6) is 6.01 Å². The van der Waals surface area contributed by atoms with Crippen LogP contribution < -0.4 is 9.64 Å². The Kier molecular flexibility index (Phi) is 9.16. The molecule has 5 rings (SSSR count). The number of piperidine rings is 2. The molecule has 3 aliphatic heterocycles. The zero-order valence-corrected chi connectivity index (χ0v) is 27.3. The summed E-state index contributed by atoms with van der Waals surface area (Å²) in [7, 11) is 0. The number of carbonyl (C=O) groups excluding carboxylic acids is 1. The van der Waals surface area contributed by atoms with Crippen molar-refractivity contribution in [3.63, 3.8) is 0 Å². The van der Waals surface area contributed by atoms with E-state index in [0.717, 1.165) is 12.8 Å². The fraction of sp³-hybridized carbons (Fsp3) is 0.679. The fourth-order valence-electron chi connectivity index (χ4n) is 5.90. The molecule has 0 unspecified atom stereocenters. The molecule has 3 aliphatic rings. The van der Waals surface area contributed by atoms with Crippen molar-refractivity contribution in [2.75, 3.05) is 57.5 Å². The molecule has 1 amide bonds. The molecule has 0 N–H and O–H groups in total. The second-order valence-electron chi connectivity index (χ2n) is 12.4. The first-order chi connectivity index (χ1) is 19.4. The van der Waals surface area contributed by atoms with Gasteiger partial charge in [0.05, 0.1) is 10.5 Å². The summed E-state index contributed by atoms with van der Waals surface area (Å²) in [6, 6.07) is 1.26. The van der Waals surface area contributed by atoms with E-state index >= 15 is 4.39 Å². The van der Waals surface area contributed by atoms with Gasteiger partial charge in [0.15, 0.2) is 5.82 Å². The lowest BCUT2D eigenvalue weighted by molar-refractivity contribution is -0.0434. The first-order valence-corrected chi connectivity index (χ1v) is 15.9. The van der Waals surface area contributed by atoms with Crippen LogP contribution in [0.4, 0.5) is 23.8 Å². The van der Waals surface area contributed by atoms with Crippen LogP contribution in [-0.4, -0.2) is 96.2 Å². The van der Waals surface area contributed by atoms with Crippen molar-refractivity contribution in [2.24, 2.45) is 5.41 Å². The number of benzene rings is 1. The second-order valence-corrected chi connectivity index (χ2v) is 14.3. The number of alkyl halides is 2. The van der Waals surface area contributed by atoms with Crippen molar-refractivity contribution in [3.8, 4) is 6.01 Å². The highest BCUT2D eigenvalue weighted by Gasteiger charge is 2.48. The fourth-order valence-corrected chi connectivity index (χ4v) is 6.75. The predicted molar refractivity (Wildman–Crippen MR) is 163 cm³/mol. The molecule has 0 bridgehead atoms. The Morgan fingerprint density at radius 2 is 1.78 bits per heavy atom. The van der Waals surface area contributed by atoms with E-state index in [1.54, 1.807) is 9.80 Å². The Morgan fingerprint density at radius 3 is 2.37 bits per heavy atom. The van der Waals surface area contributed by atoms with Crippen molar-refractivity contribution < 1.29 is 27.4 Å². The minimum absolute atomic E-state index is 0.0450. The third-order valence-corrected chi connectivity index (χ3v) is 10.6. The molecule has 0 saturated carbocycles. The van der Waals surface area contributed by atoms with E-state index in [9.17, 15) is 13.6 Å². The summed E-state index contributed by atoms with van der Waals surface area (Å²) in [6.07, 6.45) is 2.38. The van der Waals surface area contributed by atoms with Crippen LogP contribution in [0.2, 0.25) is 0 Å². The minimum atomic E-state index is -0.720. The van der Waals surface area contributed by atoms with E-state index in [-0.39, 0.29) is 29.1 Å². The van der Waals surface area contributed by atoms with Gasteiger partial charge in [-0.2, -0.15) is 9.97 Å². The Labute approximate surface area is 260 Å². The first-order valence-electron chi connectivity index (χ1n) is 14.0. The number of rotatable bonds is 6. The summed E-state index contributed by atoms with van der Waals surface area (Å²) < 4.78 is 54.5. The minimum Gasteiger partial charge on any atom is -0.460 e. The molecular weight excluding hydrogens is 718 g/mol. The van der Waals surface area contributed by atoms with Crippen molar-refractivity contribution >= 4 is 61.3 Å². The number of likely N-dealkylation sites (tertiary alicyclic amines) is 2. The van der Waals surface area contributed by atoms with Gasteiger partial charge in [0.25, 0.3) is 0 Å². The van der Waals surface area contributed by atoms with Crippen LogP contribution in [0.3, 0.4) is 0 Å². The Bertz CT molecular complexity index is 1270. The summed E-state index contributed by atoms with van der Waals surface area (Å²) in [5.74, 6) is 0.157. The molecule has 1 aromatic heterocycles. The van der Waals surface area contributed by atoms with Gasteiger partial charge in [-0.05, 0) is 91.0 Å². The van der Waals surface area contributed by atoms with Crippen molar-refractivity contribution in [2.45, 2.75) is 64.2 Å². The predicted octanol–water partition coefficient (Wildman–Crippen LogP) is 6.12. The highest BCUT2D eigenvalue weighted by molar-refractivity contribution is 14.1. The summed E-state index contributed by atoms with van der Waals surface area (Å²) in [4.78, 5) is 27.4. The van der Waals surface area contributed by atoms with Crippen LogP contribution in [0, 0.1) is 14.8 Å². The number of hydrogen-bond donors (Lipinski definition) is 0. The molecule has 41 heavy (non-hydrogen) atoms. The number of aromatic nitrogens is 2. The van der Waals surface area contributed by atoms with Gasteiger partial charge < -0.3 is 19.3 Å². The van der Waals surface area contributed by atoms with Gasteiger partial charge in [0.2, 0.25) is 0 Å². The highest BCUT2D eigenvalue weighted by Crippen LogP contribution is 2.43. The van der Waals surface area contributed by atoms with Gasteiger partial charge in [-0.15, -0.1) is 0 Å². The van der Waals surface area contributed by atoms with Gasteiger partial charge in [0.1, 0.15) is 36.4 Å². The Balaban J connectivity index is 1.31. The standard InChI is InChI=1S/C28H36BrF3IN5O3/c1-27(2,3)41-26(39)38-15-28(16-38)6-10-37(11-7-28)24-19-12-20(33)21(29)22(32)23(19)34-25(35-24)40-18-4-8-36(9-5-18)17(13-30)14-31/h12,17-18H,4-11,13-16H2,1-3H3. The Hall–Kier alpha value is -1.61. The van der Waals surface area contributed by atoms with Gasteiger partial charge >= 0.3 is 12.1 Å². The molecule has 1 spiro atoms. The van der Waals surface area contributed by atoms with Crippen molar-refractivity contribution in [1.29, 1.82) is 0 Å². The highest BCUT2D eigenvalue weighted by atomic mass is 127. The lowest BCUT2D eigenvalue weighted by Crippen LogP contribution is -2.62. The van der Waals surface area contributed by atoms with Gasteiger partial charge in [-0.3, -0.25) is 4.90 Å². The monoisotopic (exact) mass is 753 g/mol. The number of carbonyl (C=O) groups is 1. The molecule has 0 aliphatic carbocycles. The lowest BCUT2D eigenvalue weighted by atomic mass is 9.72. The van der Waals surface area contributed by atoms with Crippen molar-refractivity contribution in [1.82, 2.24) is 19.8 Å². The summed E-state index contributed by atoms with van der Waals surface area (Å²) in [5, 5.41) is 0.617. The van der Waals surface area contributed by atoms with Crippen LogP contribution in [-0.2, 0) is 4.74 Å². The molecule has 8 nitrogen and oxygen atoms in total. The molecule has 4 heterocycles. The molecule has 13 heteroatoms. The normalized spacial score (nSPS) is 20.1. The second kappa shape index (κ2) is 12.2. The summed E-state index contributed by atoms with van der Waals surface area (Å²) in [6.45, 7) is 7.91. The van der Waals surface area contributed by atoms with E-state index in [1.807, 2.05) is 26.8 Å². The number of fused-ring (bicyclic) bond motifs is 1. The number of halogens is 5. The average molecular weight is 754 g/mol. The molecular formula is C28H36BrF3IN5O3. The van der Waals surface area contributed by atoms with E-state index in [0.29, 0.717) is 71.4 Å². The third kappa shape index (κ3) is 6.66. The number of ether oxygens (including phenoxy) is 2. The zero-order chi connectivity index (χ0) is 29.5. The average Bonchev–Trinajstić information content (AvgIpc) is 2.91.